The number of hydrogen-bond acceptors (Lipinski definition) is 2. The quantitative estimate of drug-likeness (QED) is 0.435. The first-order valence-electron chi connectivity index (χ1n) is 4.00. The Morgan fingerprint density at radius 2 is 1.73 bits per heavy atom. The number of rotatable bonds is 2. The van der Waals surface area contributed by atoms with Crippen molar-refractivity contribution in [3.63, 3.8) is 0 Å². The van der Waals surface area contributed by atoms with E-state index in [1.807, 2.05) is 40.1 Å². The number of anilines is 1. The van der Waals surface area contributed by atoms with E-state index < -0.39 is 0 Å². The van der Waals surface area contributed by atoms with Gasteiger partial charge >= 0.3 is 42.9 Å². The maximum Gasteiger partial charge on any atom is 0 e. The second-order valence-corrected chi connectivity index (χ2v) is 5.46. The number of benzene rings is 1. The molecule has 0 atom stereocenters. The van der Waals surface area contributed by atoms with Gasteiger partial charge in [0.2, 0.25) is 0 Å². The molecule has 0 bridgehead atoms. The Morgan fingerprint density at radius 3 is 2.07 bits per heavy atom. The van der Waals surface area contributed by atoms with Crippen LogP contribution in [-0.4, -0.2) is 42.4 Å². The summed E-state index contributed by atoms with van der Waals surface area (Å²) in [5, 5.41) is 3.10. The molecule has 0 aliphatic rings. The molecule has 0 saturated carbocycles. The van der Waals surface area contributed by atoms with Crippen molar-refractivity contribution in [1.82, 2.24) is 2.71 Å². The summed E-state index contributed by atoms with van der Waals surface area (Å²) in [7, 11) is 5.48. The Morgan fingerprint density at radius 1 is 1.33 bits per heavy atom. The van der Waals surface area contributed by atoms with E-state index in [2.05, 4.69) is 19.3 Å². The zero-order chi connectivity index (χ0) is 10.1. The van der Waals surface area contributed by atoms with Crippen LogP contribution >= 0.6 is 0 Å². The van der Waals surface area contributed by atoms with Crippen LogP contribution in [0.25, 0.3) is 0 Å². The summed E-state index contributed by atoms with van der Waals surface area (Å²) in [4.78, 5) is 0. The van der Waals surface area contributed by atoms with Crippen molar-refractivity contribution in [2.75, 3.05) is 18.9 Å². The second-order valence-electron chi connectivity index (χ2n) is 2.49. The molecule has 15 heavy (non-hydrogen) atoms. The van der Waals surface area contributed by atoms with Crippen LogP contribution in [0.5, 0.6) is 0 Å². The van der Waals surface area contributed by atoms with E-state index in [-0.39, 0.29) is 28.5 Å². The minimum atomic E-state index is 0. The number of para-hydroxylation sites is 1. The van der Waals surface area contributed by atoms with E-state index in [0.717, 1.165) is 38.3 Å². The van der Waals surface area contributed by atoms with Crippen molar-refractivity contribution in [2.45, 2.75) is 0 Å². The Balaban J connectivity index is -0.000000213. The van der Waals surface area contributed by atoms with Crippen molar-refractivity contribution < 1.29 is 21.1 Å². The van der Waals surface area contributed by atoms with Gasteiger partial charge in [0.15, 0.2) is 0 Å². The molecule has 0 heterocycles. The maximum atomic E-state index is 3.67. The number of nitrogens with zero attached hydrogens (tertiary/aromatic N) is 1. The molecule has 2 nitrogen and oxygen atoms in total. The maximum absolute atomic E-state index is 3.67. The largest absolute Gasteiger partial charge is 0.358 e. The molecule has 1 N–H and O–H groups in total. The Hall–Kier alpha value is 0.590. The fourth-order valence-electron chi connectivity index (χ4n) is 0.700. The van der Waals surface area contributed by atoms with Gasteiger partial charge in [-0.25, -0.2) is 0 Å². The van der Waals surface area contributed by atoms with E-state index in [1.165, 1.54) is 0 Å². The number of hydrogen-bond donors (Lipinski definition) is 1. The molecule has 0 aliphatic carbocycles. The summed E-state index contributed by atoms with van der Waals surface area (Å²) >= 11 is 1.07. The van der Waals surface area contributed by atoms with E-state index in [1.54, 1.807) is 0 Å². The summed E-state index contributed by atoms with van der Waals surface area (Å²) < 4.78 is 1.89. The van der Waals surface area contributed by atoms with Crippen LogP contribution in [0.1, 0.15) is 0 Å². The van der Waals surface area contributed by atoms with Crippen molar-refractivity contribution in [1.29, 1.82) is 0 Å². The summed E-state index contributed by atoms with van der Waals surface area (Å²) in [6.45, 7) is 4.41. The van der Waals surface area contributed by atoms with Gasteiger partial charge in [-0.1, -0.05) is 18.2 Å². The summed E-state index contributed by atoms with van der Waals surface area (Å²) in [6, 6.07) is 10.0. The molecule has 0 amide bonds. The average molecular weight is 569 g/mol. The Kier molecular flexibility index (Phi) is 20.4. The van der Waals surface area contributed by atoms with Crippen LogP contribution in [-0.2, 0) is 21.1 Å². The van der Waals surface area contributed by atoms with Crippen molar-refractivity contribution >= 4 is 31.8 Å². The van der Waals surface area contributed by atoms with Gasteiger partial charge in [0.25, 0.3) is 0 Å². The van der Waals surface area contributed by atoms with E-state index in [4.69, 9.17) is 0 Å². The first-order valence-corrected chi connectivity index (χ1v) is 5.74. The smallest absolute Gasteiger partial charge is 0 e. The van der Waals surface area contributed by atoms with E-state index in [9.17, 15) is 0 Å². The molecule has 0 aromatic heterocycles. The SMILES string of the molecule is [CH2-]CNc1ccccc1.[CH2-][N](C)[Pb].[CH3-].[W]. The van der Waals surface area contributed by atoms with Crippen molar-refractivity contribution in [3.05, 3.63) is 51.7 Å². The molecule has 0 unspecified atom stereocenters. The molecule has 4 heteroatoms. The van der Waals surface area contributed by atoms with Gasteiger partial charge in [-0.2, -0.15) is 0 Å². The van der Waals surface area contributed by atoms with Gasteiger partial charge in [0.05, 0.1) is 0 Å². The number of nitrogens with one attached hydrogen (secondary N) is 1. The normalized spacial score (nSPS) is 7.80. The standard InChI is InChI=1S/C8H10N.C2H5N.CH3.Pb.W/c1-2-9-8-6-4-3-5-7-8;1-3-2;;;/h3-7,9H,1-2H2;1H2,2H3;1H3;;/q-1;-2;-1;+1;. The first-order chi connectivity index (χ1) is 6.16. The molecule has 0 fully saturated rings. The fourth-order valence-corrected chi connectivity index (χ4v) is 0.700. The molecule has 85 valence electrons. The molecule has 1 aromatic rings. The average Bonchev–Trinajstić information content (AvgIpc) is 2.06. The minimum Gasteiger partial charge on any atom is -0.358 e. The van der Waals surface area contributed by atoms with Gasteiger partial charge in [-0.05, 0) is 12.1 Å². The predicted octanol–water partition coefficient (Wildman–Crippen LogP) is 2.17. The van der Waals surface area contributed by atoms with Crippen molar-refractivity contribution in [2.24, 2.45) is 0 Å². The van der Waals surface area contributed by atoms with Gasteiger partial charge in [0.1, 0.15) is 0 Å². The fraction of sp³-hybridized carbons (Fsp3) is 0.182. The van der Waals surface area contributed by atoms with Crippen LogP contribution in [0.3, 0.4) is 0 Å². The van der Waals surface area contributed by atoms with Crippen LogP contribution < -0.4 is 5.32 Å². The Bertz CT molecular complexity index is 202. The van der Waals surface area contributed by atoms with Crippen LogP contribution in [0.4, 0.5) is 5.69 Å². The topological polar surface area (TPSA) is 15.3 Å². The van der Waals surface area contributed by atoms with Gasteiger partial charge in [-0.15, -0.1) is 6.54 Å². The zero-order valence-corrected chi connectivity index (χ0v) is 16.2. The summed E-state index contributed by atoms with van der Waals surface area (Å²) in [5.74, 6) is 0. The molecule has 0 spiro atoms. The molecule has 1 aromatic carbocycles. The van der Waals surface area contributed by atoms with Gasteiger partial charge in [0, 0.05) is 26.8 Å². The molecule has 0 saturated heterocycles. The third-order valence-corrected chi connectivity index (χ3v) is 1.10. The summed E-state index contributed by atoms with van der Waals surface area (Å²) in [6.07, 6.45) is 0. The van der Waals surface area contributed by atoms with E-state index >= 15 is 0 Å². The Labute approximate surface area is 125 Å². The van der Waals surface area contributed by atoms with Gasteiger partial charge in [-0.3, -0.25) is 0 Å². The van der Waals surface area contributed by atoms with E-state index in [0.29, 0.717) is 0 Å². The van der Waals surface area contributed by atoms with Crippen LogP contribution in [0.2, 0.25) is 0 Å². The van der Waals surface area contributed by atoms with Gasteiger partial charge < -0.3 is 19.7 Å². The molecular weight excluding hydrogens is 551 g/mol. The van der Waals surface area contributed by atoms with Crippen LogP contribution in [0.15, 0.2) is 30.3 Å². The third kappa shape index (κ3) is 17.2. The molecule has 0 aliphatic heterocycles. The molecular formula is C11H18N2PbW-3. The monoisotopic (exact) mass is 570 g/mol. The summed E-state index contributed by atoms with van der Waals surface area (Å²) in [5.41, 5.74) is 1.13. The predicted molar refractivity (Wildman–Crippen MR) is 65.6 cm³/mol. The second kappa shape index (κ2) is 14.6. The molecule has 1 rings (SSSR count). The molecule has 3 radical (unpaired) electrons. The zero-order valence-electron chi connectivity index (χ0n) is 9.36. The van der Waals surface area contributed by atoms with Crippen molar-refractivity contribution in [3.8, 4) is 0 Å². The first kappa shape index (κ1) is 20.9. The van der Waals surface area contributed by atoms with Crippen LogP contribution in [0, 0.1) is 21.4 Å². The third-order valence-electron chi connectivity index (χ3n) is 1.10. The minimum absolute atomic E-state index is 0.